The highest BCUT2D eigenvalue weighted by atomic mass is 19.2. The quantitative estimate of drug-likeness (QED) is 0.575. The van der Waals surface area contributed by atoms with Gasteiger partial charge in [-0.3, -0.25) is 0 Å². The summed E-state index contributed by atoms with van der Waals surface area (Å²) in [5.41, 5.74) is -0.0925. The molecule has 0 radical (unpaired) electrons. The van der Waals surface area contributed by atoms with Gasteiger partial charge in [0.25, 0.3) is 0 Å². The van der Waals surface area contributed by atoms with Crippen molar-refractivity contribution in [1.82, 2.24) is 0 Å². The van der Waals surface area contributed by atoms with E-state index in [1.807, 2.05) is 0 Å². The molecule has 0 spiro atoms. The first kappa shape index (κ1) is 7.97. The Balaban J connectivity index is 2.58. The summed E-state index contributed by atoms with van der Waals surface area (Å²) in [6.45, 7) is -0.267. The van der Waals surface area contributed by atoms with Gasteiger partial charge in [0.2, 0.25) is 6.79 Å². The Morgan fingerprint density at radius 1 is 1.15 bits per heavy atom. The summed E-state index contributed by atoms with van der Waals surface area (Å²) in [5, 5.41) is 0. The molecule has 0 fully saturated rings. The van der Waals surface area contributed by atoms with Crippen LogP contribution in [0.3, 0.4) is 0 Å². The molecule has 3 nitrogen and oxygen atoms in total. The van der Waals surface area contributed by atoms with Gasteiger partial charge in [-0.2, -0.15) is 0 Å². The molecule has 5 heteroatoms. The second-order valence-electron chi connectivity index (χ2n) is 2.46. The molecule has 0 aliphatic carbocycles. The fraction of sp³-hybridized carbons (Fsp3) is 0.125. The maximum atomic E-state index is 12.6. The first-order valence-electron chi connectivity index (χ1n) is 3.47. The van der Waals surface area contributed by atoms with Gasteiger partial charge in [0.1, 0.15) is 11.3 Å². The van der Waals surface area contributed by atoms with Crippen molar-refractivity contribution in [3.8, 4) is 5.75 Å². The Morgan fingerprint density at radius 2 is 1.85 bits per heavy atom. The maximum Gasteiger partial charge on any atom is 0.344 e. The molecule has 1 aromatic rings. The molecule has 0 atom stereocenters. The highest BCUT2D eigenvalue weighted by Gasteiger charge is 2.22. The average Bonchev–Trinajstić information content (AvgIpc) is 2.09. The molecule has 13 heavy (non-hydrogen) atoms. The molecule has 1 heterocycles. The van der Waals surface area contributed by atoms with Gasteiger partial charge in [0.05, 0.1) is 0 Å². The predicted molar refractivity (Wildman–Crippen MR) is 37.3 cm³/mol. The van der Waals surface area contributed by atoms with E-state index in [0.717, 1.165) is 12.1 Å². The van der Waals surface area contributed by atoms with Gasteiger partial charge < -0.3 is 9.47 Å². The molecule has 1 aliphatic rings. The van der Waals surface area contributed by atoms with E-state index in [2.05, 4.69) is 4.74 Å². The Hall–Kier alpha value is -1.65. The Kier molecular flexibility index (Phi) is 1.65. The van der Waals surface area contributed by atoms with Gasteiger partial charge in [-0.15, -0.1) is 0 Å². The van der Waals surface area contributed by atoms with Crippen LogP contribution in [0.5, 0.6) is 5.75 Å². The topological polar surface area (TPSA) is 35.5 Å². The second-order valence-corrected chi connectivity index (χ2v) is 2.46. The third-order valence-electron chi connectivity index (χ3n) is 1.65. The third kappa shape index (κ3) is 1.22. The highest BCUT2D eigenvalue weighted by Crippen LogP contribution is 2.25. The molecule has 0 saturated heterocycles. The minimum Gasteiger partial charge on any atom is -0.456 e. The van der Waals surface area contributed by atoms with Crippen LogP contribution in [-0.4, -0.2) is 12.8 Å². The summed E-state index contributed by atoms with van der Waals surface area (Å²) < 4.78 is 34.5. The van der Waals surface area contributed by atoms with E-state index in [1.165, 1.54) is 0 Å². The summed E-state index contributed by atoms with van der Waals surface area (Å²) in [6, 6.07) is 1.58. The SMILES string of the molecule is O=C1OCOc2cc(F)c(F)cc21. The lowest BCUT2D eigenvalue weighted by Crippen LogP contribution is -2.19. The van der Waals surface area contributed by atoms with E-state index in [-0.39, 0.29) is 18.1 Å². The van der Waals surface area contributed by atoms with Gasteiger partial charge in [-0.05, 0) is 6.07 Å². The van der Waals surface area contributed by atoms with E-state index < -0.39 is 17.6 Å². The largest absolute Gasteiger partial charge is 0.456 e. The number of rotatable bonds is 0. The van der Waals surface area contributed by atoms with Crippen LogP contribution < -0.4 is 4.74 Å². The van der Waals surface area contributed by atoms with Crippen LogP contribution in [0.2, 0.25) is 0 Å². The van der Waals surface area contributed by atoms with Gasteiger partial charge >= 0.3 is 5.97 Å². The average molecular weight is 186 g/mol. The van der Waals surface area contributed by atoms with Crippen molar-refractivity contribution in [3.63, 3.8) is 0 Å². The number of fused-ring (bicyclic) bond motifs is 1. The monoisotopic (exact) mass is 186 g/mol. The molecule has 0 saturated carbocycles. The zero-order valence-electron chi connectivity index (χ0n) is 6.34. The van der Waals surface area contributed by atoms with Crippen LogP contribution in [0.15, 0.2) is 12.1 Å². The molecule has 0 bridgehead atoms. The first-order valence-corrected chi connectivity index (χ1v) is 3.47. The maximum absolute atomic E-state index is 12.6. The molecule has 1 aromatic carbocycles. The van der Waals surface area contributed by atoms with Crippen molar-refractivity contribution in [2.45, 2.75) is 0 Å². The number of benzene rings is 1. The van der Waals surface area contributed by atoms with Crippen LogP contribution in [-0.2, 0) is 4.74 Å². The van der Waals surface area contributed by atoms with Crippen molar-refractivity contribution < 1.29 is 23.0 Å². The van der Waals surface area contributed by atoms with Crippen molar-refractivity contribution in [2.24, 2.45) is 0 Å². The molecule has 0 unspecified atom stereocenters. The highest BCUT2D eigenvalue weighted by molar-refractivity contribution is 5.93. The standard InChI is InChI=1S/C8H4F2O3/c9-5-1-4-7(2-6(5)10)12-3-13-8(4)11/h1-2H,3H2. The molecule has 0 aromatic heterocycles. The number of halogens is 2. The lowest BCUT2D eigenvalue weighted by molar-refractivity contribution is 0.00462. The van der Waals surface area contributed by atoms with Crippen molar-refractivity contribution >= 4 is 5.97 Å². The number of esters is 1. The van der Waals surface area contributed by atoms with Crippen LogP contribution in [0, 0.1) is 11.6 Å². The Morgan fingerprint density at radius 3 is 2.62 bits per heavy atom. The van der Waals surface area contributed by atoms with Gasteiger partial charge in [-0.1, -0.05) is 0 Å². The molecule has 0 amide bonds. The van der Waals surface area contributed by atoms with Crippen LogP contribution >= 0.6 is 0 Å². The van der Waals surface area contributed by atoms with Crippen LogP contribution in [0.1, 0.15) is 10.4 Å². The molecular weight excluding hydrogens is 182 g/mol. The van der Waals surface area contributed by atoms with Crippen molar-refractivity contribution in [3.05, 3.63) is 29.3 Å². The van der Waals surface area contributed by atoms with Crippen LogP contribution in [0.4, 0.5) is 8.78 Å². The molecular formula is C8H4F2O3. The normalized spacial score (nSPS) is 14.5. The molecule has 0 N–H and O–H groups in total. The van der Waals surface area contributed by atoms with E-state index in [1.54, 1.807) is 0 Å². The number of cyclic esters (lactones) is 1. The predicted octanol–water partition coefficient (Wildman–Crippen LogP) is 1.47. The summed E-state index contributed by atoms with van der Waals surface area (Å²) in [6.07, 6.45) is 0. The van der Waals surface area contributed by atoms with E-state index in [4.69, 9.17) is 4.74 Å². The molecule has 2 rings (SSSR count). The minimum atomic E-state index is -1.10. The van der Waals surface area contributed by atoms with Gasteiger partial charge in [0.15, 0.2) is 11.6 Å². The minimum absolute atomic E-state index is 0.00940. The number of hydrogen-bond acceptors (Lipinski definition) is 3. The first-order chi connectivity index (χ1) is 6.18. The fourth-order valence-corrected chi connectivity index (χ4v) is 1.03. The zero-order valence-corrected chi connectivity index (χ0v) is 6.34. The summed E-state index contributed by atoms with van der Waals surface area (Å²) in [4.78, 5) is 11.0. The lowest BCUT2D eigenvalue weighted by Gasteiger charge is -2.16. The number of carbonyl (C=O) groups is 1. The second kappa shape index (κ2) is 2.69. The smallest absolute Gasteiger partial charge is 0.344 e. The van der Waals surface area contributed by atoms with Crippen molar-refractivity contribution in [2.75, 3.05) is 6.79 Å². The fourth-order valence-electron chi connectivity index (χ4n) is 1.03. The van der Waals surface area contributed by atoms with E-state index in [0.29, 0.717) is 0 Å². The van der Waals surface area contributed by atoms with Crippen LogP contribution in [0.25, 0.3) is 0 Å². The third-order valence-corrected chi connectivity index (χ3v) is 1.65. The number of carbonyl (C=O) groups excluding carboxylic acids is 1. The van der Waals surface area contributed by atoms with E-state index in [9.17, 15) is 13.6 Å². The van der Waals surface area contributed by atoms with Crippen molar-refractivity contribution in [1.29, 1.82) is 0 Å². The Labute approximate surface area is 71.9 Å². The molecule has 1 aliphatic heterocycles. The molecule has 68 valence electrons. The summed E-state index contributed by atoms with van der Waals surface area (Å²) >= 11 is 0. The van der Waals surface area contributed by atoms with Gasteiger partial charge in [0, 0.05) is 6.07 Å². The zero-order chi connectivity index (χ0) is 9.42. The number of ether oxygens (including phenoxy) is 2. The summed E-state index contributed by atoms with van der Waals surface area (Å²) in [7, 11) is 0. The Bertz CT molecular complexity index is 376. The lowest BCUT2D eigenvalue weighted by atomic mass is 10.2. The number of hydrogen-bond donors (Lipinski definition) is 0. The van der Waals surface area contributed by atoms with Gasteiger partial charge in [-0.25, -0.2) is 13.6 Å². The van der Waals surface area contributed by atoms with E-state index >= 15 is 0 Å². The summed E-state index contributed by atoms with van der Waals surface area (Å²) in [5.74, 6) is -2.84.